The Morgan fingerprint density at radius 2 is 2.11 bits per heavy atom. The molecule has 0 fully saturated rings. The Morgan fingerprint density at radius 1 is 1.39 bits per heavy atom. The van der Waals surface area contributed by atoms with Gasteiger partial charge in [0.1, 0.15) is 0 Å². The van der Waals surface area contributed by atoms with E-state index >= 15 is 0 Å². The summed E-state index contributed by atoms with van der Waals surface area (Å²) in [5, 5.41) is 0. The Bertz CT molecular complexity index is 568. The molecule has 2 unspecified atom stereocenters. The quantitative estimate of drug-likeness (QED) is 0.818. The lowest BCUT2D eigenvalue weighted by Crippen LogP contribution is -2.33. The predicted octanol–water partition coefficient (Wildman–Crippen LogP) is 1.14. The Hall–Kier alpha value is -1.62. The number of nitrogens with one attached hydrogen (secondary N) is 1. The minimum absolute atomic E-state index is 0.0362. The van der Waals surface area contributed by atoms with E-state index < -0.39 is 0 Å². The largest absolute Gasteiger partial charge is 0.371 e. The third-order valence-electron chi connectivity index (χ3n) is 2.97. The lowest BCUT2D eigenvalue weighted by molar-refractivity contribution is 0.0317. The Balaban J connectivity index is 2.21. The van der Waals surface area contributed by atoms with E-state index in [0.29, 0.717) is 5.56 Å². The van der Waals surface area contributed by atoms with Crippen LogP contribution in [-0.4, -0.2) is 21.8 Å². The van der Waals surface area contributed by atoms with E-state index in [-0.39, 0.29) is 29.5 Å². The summed E-state index contributed by atoms with van der Waals surface area (Å²) in [6.07, 6.45) is 6.45. The second-order valence-electron chi connectivity index (χ2n) is 4.89. The fourth-order valence-corrected chi connectivity index (χ4v) is 2.14. The molecule has 0 saturated heterocycles. The number of hydrogen-bond donors (Lipinski definition) is 1. The van der Waals surface area contributed by atoms with E-state index in [1.807, 2.05) is 26.0 Å². The first-order valence-electron chi connectivity index (χ1n) is 6.13. The van der Waals surface area contributed by atoms with Crippen LogP contribution in [0.2, 0.25) is 0 Å². The Morgan fingerprint density at radius 3 is 2.78 bits per heavy atom. The molecule has 5 nitrogen and oxygen atoms in total. The average Bonchev–Trinajstić information content (AvgIpc) is 2.70. The van der Waals surface area contributed by atoms with Crippen molar-refractivity contribution in [1.29, 1.82) is 0 Å². The molecule has 0 amide bonds. The van der Waals surface area contributed by atoms with Gasteiger partial charge in [-0.15, -0.1) is 0 Å². The third-order valence-corrected chi connectivity index (χ3v) is 2.97. The monoisotopic (exact) mass is 250 g/mol. The summed E-state index contributed by atoms with van der Waals surface area (Å²) < 4.78 is 7.24. The maximum atomic E-state index is 11.7. The van der Waals surface area contributed by atoms with Crippen LogP contribution in [0.4, 0.5) is 0 Å². The van der Waals surface area contributed by atoms with E-state index in [9.17, 15) is 9.59 Å². The van der Waals surface area contributed by atoms with Gasteiger partial charge in [0, 0.05) is 18.2 Å². The van der Waals surface area contributed by atoms with E-state index in [1.54, 1.807) is 17.7 Å². The van der Waals surface area contributed by atoms with Crippen LogP contribution in [0, 0.1) is 6.92 Å². The molecule has 0 aromatic carbocycles. The molecular formula is C13H18N2O3. The van der Waals surface area contributed by atoms with Crippen LogP contribution in [0.25, 0.3) is 0 Å². The molecule has 1 heterocycles. The van der Waals surface area contributed by atoms with Crippen LogP contribution in [0.1, 0.15) is 31.9 Å². The van der Waals surface area contributed by atoms with E-state index in [1.165, 1.54) is 0 Å². The fourth-order valence-electron chi connectivity index (χ4n) is 2.14. The first kappa shape index (κ1) is 12.8. The summed E-state index contributed by atoms with van der Waals surface area (Å²) in [5.74, 6) is 0. The number of ether oxygens (including phenoxy) is 1. The van der Waals surface area contributed by atoms with Crippen LogP contribution in [-0.2, 0) is 4.74 Å². The summed E-state index contributed by atoms with van der Waals surface area (Å²) in [6.45, 7) is 5.66. The molecule has 0 spiro atoms. The first-order chi connectivity index (χ1) is 8.47. The van der Waals surface area contributed by atoms with Crippen molar-refractivity contribution in [3.63, 3.8) is 0 Å². The van der Waals surface area contributed by atoms with Crippen molar-refractivity contribution >= 4 is 0 Å². The van der Waals surface area contributed by atoms with Gasteiger partial charge in [-0.25, -0.2) is 4.79 Å². The van der Waals surface area contributed by atoms with Gasteiger partial charge in [-0.2, -0.15) is 0 Å². The molecule has 1 aromatic heterocycles. The standard InChI is InChI=1S/C13H18N2O3/c1-8(2)18-11-5-4-10(6-11)15-7-9(3)12(16)14-13(15)17/h4-5,7-8,10-11H,6H2,1-3H3,(H,14,16,17). The maximum absolute atomic E-state index is 11.7. The lowest BCUT2D eigenvalue weighted by Gasteiger charge is -2.17. The topological polar surface area (TPSA) is 64.1 Å². The number of aryl methyl sites for hydroxylation is 1. The van der Waals surface area contributed by atoms with E-state index in [0.717, 1.165) is 6.42 Å². The van der Waals surface area contributed by atoms with Crippen LogP contribution in [0.5, 0.6) is 0 Å². The van der Waals surface area contributed by atoms with Crippen molar-refractivity contribution in [2.45, 2.75) is 45.4 Å². The number of H-pyrrole nitrogens is 1. The van der Waals surface area contributed by atoms with Gasteiger partial charge >= 0.3 is 5.69 Å². The van der Waals surface area contributed by atoms with Gasteiger partial charge in [0.25, 0.3) is 5.56 Å². The zero-order valence-electron chi connectivity index (χ0n) is 10.8. The average molecular weight is 250 g/mol. The molecule has 0 bridgehead atoms. The summed E-state index contributed by atoms with van der Waals surface area (Å²) in [7, 11) is 0. The summed E-state index contributed by atoms with van der Waals surface area (Å²) in [6, 6.07) is -0.0446. The minimum Gasteiger partial charge on any atom is -0.371 e. The normalized spacial score (nSPS) is 22.9. The van der Waals surface area contributed by atoms with Gasteiger partial charge in [-0.3, -0.25) is 14.3 Å². The highest BCUT2D eigenvalue weighted by atomic mass is 16.5. The lowest BCUT2D eigenvalue weighted by atomic mass is 10.2. The molecule has 1 aliphatic carbocycles. The molecule has 0 saturated carbocycles. The molecule has 1 aromatic rings. The van der Waals surface area contributed by atoms with E-state index in [2.05, 4.69) is 4.98 Å². The molecule has 2 rings (SSSR count). The summed E-state index contributed by atoms with van der Waals surface area (Å²) >= 11 is 0. The van der Waals surface area contributed by atoms with Crippen molar-refractivity contribution in [3.8, 4) is 0 Å². The third kappa shape index (κ3) is 2.61. The summed E-state index contributed by atoms with van der Waals surface area (Å²) in [5.41, 5.74) is -0.158. The Labute approximate surface area is 105 Å². The molecule has 98 valence electrons. The number of rotatable bonds is 3. The van der Waals surface area contributed by atoms with Crippen molar-refractivity contribution in [2.75, 3.05) is 0 Å². The Kier molecular flexibility index (Phi) is 3.52. The number of aromatic amines is 1. The van der Waals surface area contributed by atoms with Gasteiger partial charge in [0.15, 0.2) is 0 Å². The van der Waals surface area contributed by atoms with Crippen molar-refractivity contribution in [1.82, 2.24) is 9.55 Å². The van der Waals surface area contributed by atoms with Gasteiger partial charge in [0.2, 0.25) is 0 Å². The molecule has 1 N–H and O–H groups in total. The van der Waals surface area contributed by atoms with E-state index in [4.69, 9.17) is 4.74 Å². The number of aromatic nitrogens is 2. The van der Waals surface area contributed by atoms with Crippen LogP contribution in [0.3, 0.4) is 0 Å². The molecule has 18 heavy (non-hydrogen) atoms. The number of hydrogen-bond acceptors (Lipinski definition) is 3. The molecule has 0 radical (unpaired) electrons. The van der Waals surface area contributed by atoms with Gasteiger partial charge in [0.05, 0.1) is 18.2 Å². The highest BCUT2D eigenvalue weighted by molar-refractivity contribution is 5.10. The van der Waals surface area contributed by atoms with Crippen molar-refractivity contribution < 1.29 is 4.74 Å². The number of nitrogens with zero attached hydrogens (tertiary/aromatic N) is 1. The molecule has 2 atom stereocenters. The van der Waals surface area contributed by atoms with Crippen LogP contribution >= 0.6 is 0 Å². The second kappa shape index (κ2) is 4.94. The van der Waals surface area contributed by atoms with Crippen molar-refractivity contribution in [3.05, 3.63) is 44.8 Å². The van der Waals surface area contributed by atoms with Gasteiger partial charge in [-0.1, -0.05) is 12.2 Å². The van der Waals surface area contributed by atoms with Gasteiger partial charge < -0.3 is 4.74 Å². The predicted molar refractivity (Wildman–Crippen MR) is 68.9 cm³/mol. The SMILES string of the molecule is Cc1cn(C2C=CC(OC(C)C)C2)c(=O)[nH]c1=O. The van der Waals surface area contributed by atoms with Crippen LogP contribution in [0.15, 0.2) is 27.9 Å². The number of allylic oxidation sites excluding steroid dienone is 1. The highest BCUT2D eigenvalue weighted by Gasteiger charge is 2.22. The first-order valence-corrected chi connectivity index (χ1v) is 6.13. The molecule has 1 aliphatic rings. The molecule has 0 aliphatic heterocycles. The smallest absolute Gasteiger partial charge is 0.328 e. The molecular weight excluding hydrogens is 232 g/mol. The van der Waals surface area contributed by atoms with Crippen LogP contribution < -0.4 is 11.2 Å². The zero-order valence-corrected chi connectivity index (χ0v) is 10.8. The second-order valence-corrected chi connectivity index (χ2v) is 4.89. The minimum atomic E-state index is -0.370. The summed E-state index contributed by atoms with van der Waals surface area (Å²) in [4.78, 5) is 25.4. The molecule has 5 heteroatoms. The fraction of sp³-hybridized carbons (Fsp3) is 0.538. The zero-order chi connectivity index (χ0) is 13.3. The maximum Gasteiger partial charge on any atom is 0.328 e. The highest BCUT2D eigenvalue weighted by Crippen LogP contribution is 2.24. The van der Waals surface area contributed by atoms with Crippen molar-refractivity contribution in [2.24, 2.45) is 0 Å². The van der Waals surface area contributed by atoms with Gasteiger partial charge in [-0.05, 0) is 20.8 Å².